The first-order valence-corrected chi connectivity index (χ1v) is 9.19. The first kappa shape index (κ1) is 20.6. The summed E-state index contributed by atoms with van der Waals surface area (Å²) in [6, 6.07) is 14.6. The van der Waals surface area contributed by atoms with E-state index in [9.17, 15) is 4.79 Å². The summed E-state index contributed by atoms with van der Waals surface area (Å²) >= 11 is 6.16. The Hall–Kier alpha value is -2.73. The summed E-state index contributed by atoms with van der Waals surface area (Å²) in [5, 5.41) is 9.94. The van der Waals surface area contributed by atoms with E-state index in [2.05, 4.69) is 20.9 Å². The molecular formula is C20H25ClN4O2. The highest BCUT2D eigenvalue weighted by molar-refractivity contribution is 6.31. The first-order chi connectivity index (χ1) is 13.1. The molecule has 3 N–H and O–H groups in total. The Labute approximate surface area is 165 Å². The van der Waals surface area contributed by atoms with E-state index in [1.165, 1.54) is 0 Å². The number of methoxy groups -OCH3 is 1. The molecule has 0 heterocycles. The van der Waals surface area contributed by atoms with Crippen molar-refractivity contribution in [2.75, 3.05) is 26.7 Å². The van der Waals surface area contributed by atoms with Gasteiger partial charge in [0.05, 0.1) is 13.7 Å². The van der Waals surface area contributed by atoms with E-state index < -0.39 is 0 Å². The van der Waals surface area contributed by atoms with Gasteiger partial charge in [0.1, 0.15) is 5.75 Å². The molecule has 0 bridgehead atoms. The highest BCUT2D eigenvalue weighted by Crippen LogP contribution is 2.15. The van der Waals surface area contributed by atoms with Crippen LogP contribution < -0.4 is 20.7 Å². The summed E-state index contributed by atoms with van der Waals surface area (Å²) in [4.78, 5) is 16.6. The van der Waals surface area contributed by atoms with Crippen LogP contribution in [0.4, 0.5) is 0 Å². The molecule has 0 unspecified atom stereocenters. The third kappa shape index (κ3) is 6.83. The monoisotopic (exact) mass is 388 g/mol. The number of carbonyl (C=O) groups excluding carboxylic acids is 1. The Morgan fingerprint density at radius 3 is 2.41 bits per heavy atom. The SMILES string of the molecule is CCNC(=NCc1ccccc1Cl)NCCNC(=O)c1ccc(OC)cc1. The number of hydrogen-bond donors (Lipinski definition) is 3. The lowest BCUT2D eigenvalue weighted by Crippen LogP contribution is -2.41. The largest absolute Gasteiger partial charge is 0.497 e. The number of amides is 1. The first-order valence-electron chi connectivity index (χ1n) is 8.82. The van der Waals surface area contributed by atoms with Crippen LogP contribution in [0.1, 0.15) is 22.8 Å². The van der Waals surface area contributed by atoms with Crippen molar-refractivity contribution in [1.29, 1.82) is 0 Å². The zero-order chi connectivity index (χ0) is 19.5. The van der Waals surface area contributed by atoms with Crippen LogP contribution in [0.25, 0.3) is 0 Å². The average Bonchev–Trinajstić information content (AvgIpc) is 2.70. The zero-order valence-corrected chi connectivity index (χ0v) is 16.3. The molecule has 144 valence electrons. The Bertz CT molecular complexity index is 763. The van der Waals surface area contributed by atoms with Gasteiger partial charge in [-0.25, -0.2) is 4.99 Å². The van der Waals surface area contributed by atoms with Crippen LogP contribution in [0, 0.1) is 0 Å². The molecular weight excluding hydrogens is 364 g/mol. The minimum Gasteiger partial charge on any atom is -0.497 e. The third-order valence-corrected chi connectivity index (χ3v) is 4.13. The molecule has 0 fully saturated rings. The quantitative estimate of drug-likeness (QED) is 0.369. The van der Waals surface area contributed by atoms with Gasteiger partial charge in [-0.2, -0.15) is 0 Å². The van der Waals surface area contributed by atoms with Crippen molar-refractivity contribution in [1.82, 2.24) is 16.0 Å². The molecule has 0 aliphatic carbocycles. The van der Waals surface area contributed by atoms with Crippen LogP contribution in [0.15, 0.2) is 53.5 Å². The maximum absolute atomic E-state index is 12.1. The molecule has 0 aromatic heterocycles. The highest BCUT2D eigenvalue weighted by Gasteiger charge is 2.05. The molecule has 6 nitrogen and oxygen atoms in total. The maximum atomic E-state index is 12.1. The molecule has 0 aliphatic rings. The second-order valence-electron chi connectivity index (χ2n) is 5.70. The summed E-state index contributed by atoms with van der Waals surface area (Å²) in [6.45, 7) is 4.25. The van der Waals surface area contributed by atoms with Gasteiger partial charge in [-0.3, -0.25) is 4.79 Å². The number of benzene rings is 2. The molecule has 0 radical (unpaired) electrons. The molecule has 0 saturated heterocycles. The fourth-order valence-electron chi connectivity index (χ4n) is 2.33. The van der Waals surface area contributed by atoms with Crippen molar-refractivity contribution in [2.24, 2.45) is 4.99 Å². The van der Waals surface area contributed by atoms with Crippen molar-refractivity contribution in [3.05, 3.63) is 64.7 Å². The second-order valence-corrected chi connectivity index (χ2v) is 6.10. The number of nitrogens with one attached hydrogen (secondary N) is 3. The highest BCUT2D eigenvalue weighted by atomic mass is 35.5. The molecule has 2 aromatic carbocycles. The predicted octanol–water partition coefficient (Wildman–Crippen LogP) is 2.83. The standard InChI is InChI=1S/C20H25ClN4O2/c1-3-22-20(25-14-16-6-4-5-7-18(16)21)24-13-12-23-19(26)15-8-10-17(27-2)11-9-15/h4-11H,3,12-14H2,1-2H3,(H,23,26)(H2,22,24,25). The minimum absolute atomic E-state index is 0.127. The number of nitrogens with zero attached hydrogens (tertiary/aromatic N) is 1. The predicted molar refractivity (Wildman–Crippen MR) is 110 cm³/mol. The molecule has 1 amide bonds. The minimum atomic E-state index is -0.127. The Balaban J connectivity index is 1.80. The van der Waals surface area contributed by atoms with Crippen molar-refractivity contribution < 1.29 is 9.53 Å². The van der Waals surface area contributed by atoms with Gasteiger partial charge in [0.15, 0.2) is 5.96 Å². The van der Waals surface area contributed by atoms with Gasteiger partial charge in [-0.1, -0.05) is 29.8 Å². The molecule has 0 spiro atoms. The fourth-order valence-corrected chi connectivity index (χ4v) is 2.53. The Morgan fingerprint density at radius 1 is 1.04 bits per heavy atom. The number of carbonyl (C=O) groups is 1. The number of guanidine groups is 1. The lowest BCUT2D eigenvalue weighted by atomic mass is 10.2. The normalized spacial score (nSPS) is 11.0. The van der Waals surface area contributed by atoms with E-state index in [0.29, 0.717) is 36.2 Å². The van der Waals surface area contributed by atoms with E-state index in [1.807, 2.05) is 31.2 Å². The lowest BCUT2D eigenvalue weighted by Gasteiger charge is -2.12. The van der Waals surface area contributed by atoms with Gasteiger partial charge in [-0.05, 0) is 42.8 Å². The van der Waals surface area contributed by atoms with E-state index >= 15 is 0 Å². The lowest BCUT2D eigenvalue weighted by molar-refractivity contribution is 0.0954. The number of rotatable bonds is 8. The van der Waals surface area contributed by atoms with Crippen molar-refractivity contribution in [3.63, 3.8) is 0 Å². The Morgan fingerprint density at radius 2 is 1.74 bits per heavy atom. The summed E-state index contributed by atoms with van der Waals surface area (Å²) in [7, 11) is 1.59. The van der Waals surface area contributed by atoms with Gasteiger partial charge < -0.3 is 20.7 Å². The number of hydrogen-bond acceptors (Lipinski definition) is 3. The van der Waals surface area contributed by atoms with Crippen LogP contribution in [0.2, 0.25) is 5.02 Å². The molecule has 0 saturated carbocycles. The van der Waals surface area contributed by atoms with E-state index in [0.717, 1.165) is 17.9 Å². The Kier molecular flexibility index (Phi) is 8.45. The summed E-state index contributed by atoms with van der Waals surface area (Å²) in [5.41, 5.74) is 1.55. The summed E-state index contributed by atoms with van der Waals surface area (Å²) < 4.78 is 5.09. The topological polar surface area (TPSA) is 74.8 Å². The average molecular weight is 389 g/mol. The summed E-state index contributed by atoms with van der Waals surface area (Å²) in [6.07, 6.45) is 0. The van der Waals surface area contributed by atoms with Gasteiger partial charge in [0.2, 0.25) is 0 Å². The van der Waals surface area contributed by atoms with Crippen LogP contribution in [-0.4, -0.2) is 38.6 Å². The smallest absolute Gasteiger partial charge is 0.251 e. The molecule has 2 rings (SSSR count). The van der Waals surface area contributed by atoms with Crippen LogP contribution >= 0.6 is 11.6 Å². The number of aliphatic imine (C=N–C) groups is 1. The van der Waals surface area contributed by atoms with Crippen molar-refractivity contribution >= 4 is 23.5 Å². The molecule has 0 atom stereocenters. The molecule has 7 heteroatoms. The number of ether oxygens (including phenoxy) is 1. The maximum Gasteiger partial charge on any atom is 0.251 e. The van der Waals surface area contributed by atoms with Crippen molar-refractivity contribution in [3.8, 4) is 5.75 Å². The number of halogens is 1. The second kappa shape index (κ2) is 11.1. The van der Waals surface area contributed by atoms with Crippen LogP contribution in [-0.2, 0) is 6.54 Å². The van der Waals surface area contributed by atoms with Gasteiger partial charge in [0, 0.05) is 30.2 Å². The molecule has 2 aromatic rings. The zero-order valence-electron chi connectivity index (χ0n) is 15.6. The van der Waals surface area contributed by atoms with Gasteiger partial charge >= 0.3 is 0 Å². The third-order valence-electron chi connectivity index (χ3n) is 3.76. The van der Waals surface area contributed by atoms with E-state index in [1.54, 1.807) is 31.4 Å². The molecule has 27 heavy (non-hydrogen) atoms. The van der Waals surface area contributed by atoms with Gasteiger partial charge in [-0.15, -0.1) is 0 Å². The molecule has 0 aliphatic heterocycles. The van der Waals surface area contributed by atoms with E-state index in [4.69, 9.17) is 16.3 Å². The van der Waals surface area contributed by atoms with Crippen LogP contribution in [0.3, 0.4) is 0 Å². The van der Waals surface area contributed by atoms with E-state index in [-0.39, 0.29) is 5.91 Å². The van der Waals surface area contributed by atoms with Crippen LogP contribution in [0.5, 0.6) is 5.75 Å². The van der Waals surface area contributed by atoms with Gasteiger partial charge in [0.25, 0.3) is 5.91 Å². The summed E-state index contributed by atoms with van der Waals surface area (Å²) in [5.74, 6) is 1.27. The van der Waals surface area contributed by atoms with Crippen molar-refractivity contribution in [2.45, 2.75) is 13.5 Å². The fraction of sp³-hybridized carbons (Fsp3) is 0.300.